The molecule has 1 aromatic heterocycles. The van der Waals surface area contributed by atoms with Crippen LogP contribution in [0.2, 0.25) is 0 Å². The highest BCUT2D eigenvalue weighted by atomic mass is 16.3. The van der Waals surface area contributed by atoms with Crippen LogP contribution < -0.4 is 5.32 Å². The number of nitrogens with one attached hydrogen (secondary N) is 1. The fourth-order valence-corrected chi connectivity index (χ4v) is 2.34. The Balaban J connectivity index is 1.47. The summed E-state index contributed by atoms with van der Waals surface area (Å²) in [5.41, 5.74) is 1.29. The molecular weight excluding hydrogens is 224 g/mol. The molecule has 0 aromatic carbocycles. The maximum absolute atomic E-state index is 5.67. The molecule has 100 valence electrons. The predicted octanol–water partition coefficient (Wildman–Crippen LogP) is 2.76. The standard InChI is InChI=1S/C15H24N2O/c1-2-17(9-12-3-4-12)10-15-7-13(11-18-15)8-16-14-5-6-14/h7,11-12,14,16H,2-6,8-10H2,1H3. The first-order valence-electron chi connectivity index (χ1n) is 7.35. The molecule has 2 saturated carbocycles. The van der Waals surface area contributed by atoms with Gasteiger partial charge < -0.3 is 9.73 Å². The Bertz CT molecular complexity index is 380. The van der Waals surface area contributed by atoms with E-state index in [1.54, 1.807) is 0 Å². The first-order valence-corrected chi connectivity index (χ1v) is 7.35. The van der Waals surface area contributed by atoms with E-state index in [0.717, 1.165) is 37.4 Å². The molecule has 2 aliphatic carbocycles. The molecule has 3 nitrogen and oxygen atoms in total. The third-order valence-electron chi connectivity index (χ3n) is 3.92. The van der Waals surface area contributed by atoms with Gasteiger partial charge in [-0.2, -0.15) is 0 Å². The Morgan fingerprint density at radius 1 is 1.33 bits per heavy atom. The first kappa shape index (κ1) is 12.2. The number of furan rings is 1. The molecule has 0 spiro atoms. The Labute approximate surface area is 110 Å². The van der Waals surface area contributed by atoms with Gasteiger partial charge in [0.25, 0.3) is 0 Å². The summed E-state index contributed by atoms with van der Waals surface area (Å²) in [7, 11) is 0. The molecule has 0 atom stereocenters. The van der Waals surface area contributed by atoms with Crippen molar-refractivity contribution in [2.45, 2.75) is 51.7 Å². The van der Waals surface area contributed by atoms with Gasteiger partial charge in [-0.1, -0.05) is 6.92 Å². The van der Waals surface area contributed by atoms with Gasteiger partial charge in [-0.3, -0.25) is 4.90 Å². The van der Waals surface area contributed by atoms with Crippen LogP contribution in [0, 0.1) is 5.92 Å². The van der Waals surface area contributed by atoms with Crippen molar-refractivity contribution in [1.82, 2.24) is 10.2 Å². The van der Waals surface area contributed by atoms with Crippen LogP contribution in [0.4, 0.5) is 0 Å². The second kappa shape index (κ2) is 5.45. The number of hydrogen-bond acceptors (Lipinski definition) is 3. The molecular formula is C15H24N2O. The Morgan fingerprint density at radius 3 is 2.83 bits per heavy atom. The maximum atomic E-state index is 5.67. The summed E-state index contributed by atoms with van der Waals surface area (Å²) in [6.45, 7) is 6.53. The normalized spacial score (nSPS) is 19.7. The Morgan fingerprint density at radius 2 is 2.17 bits per heavy atom. The van der Waals surface area contributed by atoms with E-state index in [1.165, 1.54) is 37.8 Å². The molecule has 0 amide bonds. The molecule has 18 heavy (non-hydrogen) atoms. The van der Waals surface area contributed by atoms with E-state index in [2.05, 4.69) is 23.2 Å². The molecule has 2 fully saturated rings. The SMILES string of the molecule is CCN(Cc1cc(CNC2CC2)co1)CC1CC1. The zero-order chi connectivity index (χ0) is 12.4. The van der Waals surface area contributed by atoms with Gasteiger partial charge in [0.2, 0.25) is 0 Å². The van der Waals surface area contributed by atoms with Crippen LogP contribution in [-0.4, -0.2) is 24.0 Å². The first-order chi connectivity index (χ1) is 8.83. The summed E-state index contributed by atoms with van der Waals surface area (Å²) in [6.07, 6.45) is 7.44. The molecule has 0 unspecified atom stereocenters. The van der Waals surface area contributed by atoms with E-state index in [0.29, 0.717) is 0 Å². The third-order valence-corrected chi connectivity index (χ3v) is 3.92. The largest absolute Gasteiger partial charge is 0.468 e. The number of hydrogen-bond donors (Lipinski definition) is 1. The minimum Gasteiger partial charge on any atom is -0.468 e. The lowest BCUT2D eigenvalue weighted by molar-refractivity contribution is 0.246. The fraction of sp³-hybridized carbons (Fsp3) is 0.733. The molecule has 0 radical (unpaired) electrons. The van der Waals surface area contributed by atoms with E-state index >= 15 is 0 Å². The van der Waals surface area contributed by atoms with E-state index < -0.39 is 0 Å². The highest BCUT2D eigenvalue weighted by molar-refractivity contribution is 5.13. The average molecular weight is 248 g/mol. The monoisotopic (exact) mass is 248 g/mol. The van der Waals surface area contributed by atoms with Crippen molar-refractivity contribution in [1.29, 1.82) is 0 Å². The van der Waals surface area contributed by atoms with E-state index in [9.17, 15) is 0 Å². The summed E-state index contributed by atoms with van der Waals surface area (Å²) in [5, 5.41) is 3.52. The summed E-state index contributed by atoms with van der Waals surface area (Å²) < 4.78 is 5.67. The minimum absolute atomic E-state index is 0.769. The molecule has 3 rings (SSSR count). The zero-order valence-electron chi connectivity index (χ0n) is 11.3. The maximum Gasteiger partial charge on any atom is 0.118 e. The highest BCUT2D eigenvalue weighted by Gasteiger charge is 2.24. The quantitative estimate of drug-likeness (QED) is 0.767. The van der Waals surface area contributed by atoms with Gasteiger partial charge in [-0.05, 0) is 44.2 Å². The number of nitrogens with zero attached hydrogens (tertiary/aromatic N) is 1. The van der Waals surface area contributed by atoms with Crippen LogP contribution in [0.5, 0.6) is 0 Å². The summed E-state index contributed by atoms with van der Waals surface area (Å²) in [6, 6.07) is 2.98. The van der Waals surface area contributed by atoms with Gasteiger partial charge in [0.1, 0.15) is 5.76 Å². The molecule has 0 bridgehead atoms. The minimum atomic E-state index is 0.769. The van der Waals surface area contributed by atoms with Gasteiger partial charge in [-0.15, -0.1) is 0 Å². The average Bonchev–Trinajstić information content (AvgIpc) is 3.28. The van der Waals surface area contributed by atoms with Gasteiger partial charge >= 0.3 is 0 Å². The van der Waals surface area contributed by atoms with Crippen molar-refractivity contribution >= 4 is 0 Å². The lowest BCUT2D eigenvalue weighted by Gasteiger charge is -2.18. The van der Waals surface area contributed by atoms with Gasteiger partial charge in [0.05, 0.1) is 12.8 Å². The lowest BCUT2D eigenvalue weighted by atomic mass is 10.3. The predicted molar refractivity (Wildman–Crippen MR) is 72.2 cm³/mol. The molecule has 2 aliphatic rings. The summed E-state index contributed by atoms with van der Waals surface area (Å²) >= 11 is 0. The van der Waals surface area contributed by atoms with Crippen LogP contribution in [0.15, 0.2) is 16.7 Å². The summed E-state index contributed by atoms with van der Waals surface area (Å²) in [4.78, 5) is 2.49. The Hall–Kier alpha value is -0.800. The zero-order valence-corrected chi connectivity index (χ0v) is 11.3. The molecule has 1 aromatic rings. The van der Waals surface area contributed by atoms with Crippen molar-refractivity contribution in [2.24, 2.45) is 5.92 Å². The second-order valence-electron chi connectivity index (χ2n) is 5.85. The van der Waals surface area contributed by atoms with Crippen LogP contribution in [-0.2, 0) is 13.1 Å². The third kappa shape index (κ3) is 3.59. The number of rotatable bonds is 8. The topological polar surface area (TPSA) is 28.4 Å². The van der Waals surface area contributed by atoms with Crippen molar-refractivity contribution in [3.8, 4) is 0 Å². The highest BCUT2D eigenvalue weighted by Crippen LogP contribution is 2.30. The van der Waals surface area contributed by atoms with Gasteiger partial charge in [0, 0.05) is 24.7 Å². The molecule has 0 aliphatic heterocycles. The van der Waals surface area contributed by atoms with Crippen LogP contribution in [0.3, 0.4) is 0 Å². The van der Waals surface area contributed by atoms with Crippen molar-refractivity contribution in [3.63, 3.8) is 0 Å². The lowest BCUT2D eigenvalue weighted by Crippen LogP contribution is -2.24. The van der Waals surface area contributed by atoms with Crippen LogP contribution in [0.1, 0.15) is 43.9 Å². The molecule has 1 N–H and O–H groups in total. The summed E-state index contributed by atoms with van der Waals surface area (Å²) in [5.74, 6) is 2.07. The molecule has 1 heterocycles. The second-order valence-corrected chi connectivity index (χ2v) is 5.85. The molecule has 0 saturated heterocycles. The molecule has 3 heteroatoms. The Kier molecular flexibility index (Phi) is 3.71. The van der Waals surface area contributed by atoms with Crippen molar-refractivity contribution in [3.05, 3.63) is 23.7 Å². The van der Waals surface area contributed by atoms with Crippen molar-refractivity contribution < 1.29 is 4.42 Å². The van der Waals surface area contributed by atoms with Gasteiger partial charge in [-0.25, -0.2) is 0 Å². The van der Waals surface area contributed by atoms with Crippen LogP contribution in [0.25, 0.3) is 0 Å². The smallest absolute Gasteiger partial charge is 0.118 e. The van der Waals surface area contributed by atoms with E-state index in [4.69, 9.17) is 4.42 Å². The van der Waals surface area contributed by atoms with Gasteiger partial charge in [0.15, 0.2) is 0 Å². The van der Waals surface area contributed by atoms with Crippen LogP contribution >= 0.6 is 0 Å². The van der Waals surface area contributed by atoms with E-state index in [-0.39, 0.29) is 0 Å². The fourth-order valence-electron chi connectivity index (χ4n) is 2.34. The van der Waals surface area contributed by atoms with Crippen molar-refractivity contribution in [2.75, 3.05) is 13.1 Å². The van der Waals surface area contributed by atoms with E-state index in [1.807, 2.05) is 6.26 Å².